The van der Waals surface area contributed by atoms with Crippen LogP contribution >= 0.6 is 0 Å². The zero-order chi connectivity index (χ0) is 58.0. The van der Waals surface area contributed by atoms with Crippen LogP contribution < -0.4 is 9.80 Å². The van der Waals surface area contributed by atoms with Crippen LogP contribution in [0.4, 0.5) is 34.1 Å². The number of para-hydroxylation sites is 2. The molecule has 0 heterocycles. The summed E-state index contributed by atoms with van der Waals surface area (Å²) in [6.07, 6.45) is 0. The zero-order valence-electron chi connectivity index (χ0n) is 49.5. The van der Waals surface area contributed by atoms with Crippen molar-refractivity contribution in [3.63, 3.8) is 0 Å². The van der Waals surface area contributed by atoms with Crippen molar-refractivity contribution < 1.29 is 0 Å². The summed E-state index contributed by atoms with van der Waals surface area (Å²) in [6, 6.07) is 105. The van der Waals surface area contributed by atoms with Gasteiger partial charge in [-0.2, -0.15) is 0 Å². The van der Waals surface area contributed by atoms with E-state index in [1.807, 2.05) is 0 Å². The van der Waals surface area contributed by atoms with Gasteiger partial charge in [0.15, 0.2) is 0 Å². The molecule has 0 fully saturated rings. The molecule has 14 aromatic carbocycles. The fourth-order valence-corrected chi connectivity index (χ4v) is 16.1. The molecule has 2 nitrogen and oxygen atoms in total. The third-order valence-electron chi connectivity index (χ3n) is 19.6. The van der Waals surface area contributed by atoms with E-state index < -0.39 is 10.8 Å². The van der Waals surface area contributed by atoms with Gasteiger partial charge in [0.05, 0.1) is 33.6 Å². The maximum Gasteiger partial charge on any atom is 0.0716 e. The number of aryl methyl sites for hydroxylation is 4. The molecule has 0 saturated carbocycles. The monoisotopic (exact) mass is 1100 g/mol. The summed E-state index contributed by atoms with van der Waals surface area (Å²) in [5, 5.41) is 7.52. The smallest absolute Gasteiger partial charge is 0.0716 e. The lowest BCUT2D eigenvalue weighted by Gasteiger charge is -2.38. The molecule has 0 spiro atoms. The van der Waals surface area contributed by atoms with E-state index in [9.17, 15) is 0 Å². The van der Waals surface area contributed by atoms with Gasteiger partial charge in [-0.1, -0.05) is 243 Å². The van der Waals surface area contributed by atoms with Gasteiger partial charge in [-0.05, 0) is 200 Å². The second-order valence-electron chi connectivity index (χ2n) is 24.1. The normalized spacial score (nSPS) is 13.4. The Bertz CT molecular complexity index is 4590. The van der Waals surface area contributed by atoms with Crippen molar-refractivity contribution in [2.75, 3.05) is 9.80 Å². The number of benzene rings is 14. The third-order valence-corrected chi connectivity index (χ3v) is 19.6. The van der Waals surface area contributed by atoms with Crippen molar-refractivity contribution in [3.8, 4) is 22.3 Å². The molecule has 0 bridgehead atoms. The third kappa shape index (κ3) is 7.14. The Morgan fingerprint density at radius 3 is 0.872 bits per heavy atom. The molecule has 410 valence electrons. The molecule has 0 aromatic heterocycles. The first-order valence-corrected chi connectivity index (χ1v) is 30.3. The summed E-state index contributed by atoms with van der Waals surface area (Å²) < 4.78 is 0. The molecule has 0 radical (unpaired) electrons. The number of hydrogen-bond acceptors (Lipinski definition) is 2. The summed E-state index contributed by atoms with van der Waals surface area (Å²) in [4.78, 5) is 5.17. The summed E-state index contributed by atoms with van der Waals surface area (Å²) in [7, 11) is 0. The Morgan fingerprint density at radius 1 is 0.244 bits per heavy atom. The standard InChI is InChI=1S/C84H64N2/c1-53-43-49-71(83(59-27-11-7-12-28-59)73-39-23-19-35-65(73)66-36-20-24-40-74(66)83)57(5)81(53)85(61-31-15-9-16-32-61)77-51-55(3)63-46-48-70-78(52-56(4)64-45-47-69(77)79(63)80(64)70)86(62-33-17-10-18-34-62)82-54(2)44-50-72(58(82)6)84(60-29-13-8-14-30-60)75-41-25-21-37-67(75)68-38-22-26-42-76(68)84/h7-52H,1-6H3. The Balaban J connectivity index is 0.953. The maximum atomic E-state index is 2.59. The number of anilines is 6. The molecule has 0 saturated heterocycles. The van der Waals surface area contributed by atoms with Crippen molar-refractivity contribution in [2.24, 2.45) is 0 Å². The van der Waals surface area contributed by atoms with Gasteiger partial charge in [-0.15, -0.1) is 0 Å². The second-order valence-corrected chi connectivity index (χ2v) is 24.1. The van der Waals surface area contributed by atoms with Gasteiger partial charge in [0.1, 0.15) is 0 Å². The maximum absolute atomic E-state index is 2.59. The first-order valence-electron chi connectivity index (χ1n) is 30.3. The van der Waals surface area contributed by atoms with Crippen LogP contribution in [-0.2, 0) is 10.8 Å². The highest BCUT2D eigenvalue weighted by molar-refractivity contribution is 6.29. The number of nitrogens with zero attached hydrogens (tertiary/aromatic N) is 2. The molecule has 86 heavy (non-hydrogen) atoms. The highest BCUT2D eigenvalue weighted by atomic mass is 15.2. The van der Waals surface area contributed by atoms with Crippen molar-refractivity contribution >= 4 is 66.4 Å². The highest BCUT2D eigenvalue weighted by Gasteiger charge is 2.49. The van der Waals surface area contributed by atoms with Crippen LogP contribution in [0.3, 0.4) is 0 Å². The molecule has 0 unspecified atom stereocenters. The first kappa shape index (κ1) is 51.4. The van der Waals surface area contributed by atoms with Gasteiger partial charge in [0.2, 0.25) is 0 Å². The Labute approximate surface area is 504 Å². The predicted octanol–water partition coefficient (Wildman–Crippen LogP) is 22.1. The molecule has 2 aliphatic rings. The highest BCUT2D eigenvalue weighted by Crippen LogP contribution is 2.61. The summed E-state index contributed by atoms with van der Waals surface area (Å²) >= 11 is 0. The molecule has 0 atom stereocenters. The van der Waals surface area contributed by atoms with Crippen LogP contribution in [0, 0.1) is 41.5 Å². The van der Waals surface area contributed by atoms with Gasteiger partial charge < -0.3 is 9.80 Å². The lowest BCUT2D eigenvalue weighted by molar-refractivity contribution is 0.760. The lowest BCUT2D eigenvalue weighted by Crippen LogP contribution is -2.30. The van der Waals surface area contributed by atoms with E-state index in [-0.39, 0.29) is 0 Å². The molecule has 0 N–H and O–H groups in total. The molecule has 2 heteroatoms. The molecule has 14 aromatic rings. The zero-order valence-corrected chi connectivity index (χ0v) is 49.5. The van der Waals surface area contributed by atoms with Crippen molar-refractivity contribution in [2.45, 2.75) is 52.4 Å². The van der Waals surface area contributed by atoms with Crippen LogP contribution in [-0.4, -0.2) is 0 Å². The molecule has 0 aliphatic heterocycles. The van der Waals surface area contributed by atoms with E-state index in [4.69, 9.17) is 0 Å². The van der Waals surface area contributed by atoms with Gasteiger partial charge >= 0.3 is 0 Å². The van der Waals surface area contributed by atoms with Gasteiger partial charge in [0.25, 0.3) is 0 Å². The summed E-state index contributed by atoms with van der Waals surface area (Å²) in [5.74, 6) is 0. The van der Waals surface area contributed by atoms with Crippen molar-refractivity contribution in [3.05, 3.63) is 357 Å². The van der Waals surface area contributed by atoms with Crippen molar-refractivity contribution in [1.82, 2.24) is 0 Å². The molecule has 16 rings (SSSR count). The molecule has 0 amide bonds. The summed E-state index contributed by atoms with van der Waals surface area (Å²) in [5.41, 5.74) is 28.7. The molecular weight excluding hydrogens is 1040 g/mol. The minimum atomic E-state index is -0.565. The summed E-state index contributed by atoms with van der Waals surface area (Å²) in [6.45, 7) is 14.0. The Hall–Kier alpha value is -10.3. The fraction of sp³-hybridized carbons (Fsp3) is 0.0952. The van der Waals surface area contributed by atoms with Gasteiger partial charge in [-0.25, -0.2) is 0 Å². The van der Waals surface area contributed by atoms with Crippen LogP contribution in [0.5, 0.6) is 0 Å². The van der Waals surface area contributed by atoms with E-state index in [0.717, 1.165) is 22.7 Å². The Kier molecular flexibility index (Phi) is 11.7. The first-order chi connectivity index (χ1) is 42.2. The minimum absolute atomic E-state index is 0.565. The number of hydrogen-bond donors (Lipinski definition) is 0. The predicted molar refractivity (Wildman–Crippen MR) is 363 cm³/mol. The Morgan fingerprint density at radius 2 is 0.535 bits per heavy atom. The largest absolute Gasteiger partial charge is 0.309 e. The molecular formula is C84H64N2. The average molecular weight is 1100 g/mol. The fourth-order valence-electron chi connectivity index (χ4n) is 16.1. The van der Waals surface area contributed by atoms with Crippen LogP contribution in [0.1, 0.15) is 77.9 Å². The van der Waals surface area contributed by atoms with Gasteiger partial charge in [0, 0.05) is 22.1 Å². The van der Waals surface area contributed by atoms with E-state index in [0.29, 0.717) is 0 Å². The van der Waals surface area contributed by atoms with Crippen LogP contribution in [0.25, 0.3) is 54.6 Å². The number of fused-ring (bicyclic) bond motifs is 6. The quantitative estimate of drug-likeness (QED) is 0.126. The minimum Gasteiger partial charge on any atom is -0.309 e. The van der Waals surface area contributed by atoms with Crippen LogP contribution in [0.2, 0.25) is 0 Å². The van der Waals surface area contributed by atoms with Crippen LogP contribution in [0.15, 0.2) is 279 Å². The van der Waals surface area contributed by atoms with E-state index >= 15 is 0 Å². The van der Waals surface area contributed by atoms with Crippen molar-refractivity contribution in [1.29, 1.82) is 0 Å². The SMILES string of the molecule is Cc1ccc(C2(c3ccccc3)c3ccccc3-c3ccccc32)c(C)c1N(c1ccccc1)c1cc(C)c2ccc3c(N(c4ccccc4)c4c(C)ccc(C5(c6ccccc6)c6ccccc6-c6ccccc65)c4C)cc(C)c4ccc1c2c43. The lowest BCUT2D eigenvalue weighted by atomic mass is 9.66. The molecule has 2 aliphatic carbocycles. The topological polar surface area (TPSA) is 6.48 Å². The van der Waals surface area contributed by atoms with E-state index in [1.54, 1.807) is 0 Å². The number of rotatable bonds is 10. The van der Waals surface area contributed by atoms with Gasteiger partial charge in [-0.3, -0.25) is 0 Å². The second kappa shape index (κ2) is 19.7. The average Bonchev–Trinajstić information content (AvgIpc) is 1.42. The van der Waals surface area contributed by atoms with E-state index in [2.05, 4.69) is 330 Å². The van der Waals surface area contributed by atoms with E-state index in [1.165, 1.54) is 144 Å².